The highest BCUT2D eigenvalue weighted by Crippen LogP contribution is 2.26. The van der Waals surface area contributed by atoms with E-state index >= 15 is 0 Å². The largest absolute Gasteiger partial charge is 0.397 e. The lowest BCUT2D eigenvalue weighted by atomic mass is 9.93. The van der Waals surface area contributed by atoms with Crippen LogP contribution in [0.1, 0.15) is 22.9 Å². The number of benzene rings is 1. The van der Waals surface area contributed by atoms with Crippen molar-refractivity contribution in [1.82, 2.24) is 19.9 Å². The van der Waals surface area contributed by atoms with Gasteiger partial charge in [-0.3, -0.25) is 9.78 Å². The molecule has 3 heterocycles. The second kappa shape index (κ2) is 8.37. The zero-order chi connectivity index (χ0) is 22.1. The fourth-order valence-electron chi connectivity index (χ4n) is 3.85. The number of hydrogen-bond acceptors (Lipinski definition) is 5. The minimum atomic E-state index is -0.713. The number of nitrogens with two attached hydrogens (primary N) is 1. The first-order chi connectivity index (χ1) is 14.8. The summed E-state index contributed by atoms with van der Waals surface area (Å²) in [5.41, 5.74) is 9.14. The fourth-order valence-corrected chi connectivity index (χ4v) is 3.85. The van der Waals surface area contributed by atoms with E-state index in [1.807, 2.05) is 19.9 Å². The Hall–Kier alpha value is -3.42. The van der Waals surface area contributed by atoms with E-state index in [9.17, 15) is 13.6 Å². The minimum Gasteiger partial charge on any atom is -0.397 e. The van der Waals surface area contributed by atoms with Gasteiger partial charge < -0.3 is 10.6 Å². The highest BCUT2D eigenvalue weighted by molar-refractivity contribution is 5.81. The molecule has 0 saturated carbocycles. The molecule has 0 bridgehead atoms. The van der Waals surface area contributed by atoms with Crippen molar-refractivity contribution in [2.24, 2.45) is 5.92 Å². The van der Waals surface area contributed by atoms with Gasteiger partial charge in [0.1, 0.15) is 17.5 Å². The topological polar surface area (TPSA) is 85.0 Å². The number of amides is 1. The number of nitrogens with zero attached hydrogens (tertiary/aromatic N) is 4. The molecule has 2 N–H and O–H groups in total. The molecule has 0 radical (unpaired) electrons. The number of anilines is 1. The van der Waals surface area contributed by atoms with Gasteiger partial charge in [0.2, 0.25) is 5.91 Å². The molecule has 1 saturated heterocycles. The van der Waals surface area contributed by atoms with Gasteiger partial charge in [0, 0.05) is 36.1 Å². The van der Waals surface area contributed by atoms with Crippen molar-refractivity contribution in [3.8, 4) is 11.3 Å². The van der Waals surface area contributed by atoms with E-state index in [0.717, 1.165) is 29.7 Å². The second-order valence-corrected chi connectivity index (χ2v) is 7.95. The lowest BCUT2D eigenvalue weighted by Crippen LogP contribution is -2.51. The van der Waals surface area contributed by atoms with Crippen molar-refractivity contribution in [3.63, 3.8) is 0 Å². The molecule has 8 heteroatoms. The van der Waals surface area contributed by atoms with Crippen LogP contribution in [-0.2, 0) is 17.6 Å². The molecule has 0 spiro atoms. The smallest absolute Gasteiger partial charge is 0.228 e. The van der Waals surface area contributed by atoms with Crippen LogP contribution in [0.2, 0.25) is 0 Å². The van der Waals surface area contributed by atoms with Crippen molar-refractivity contribution in [3.05, 3.63) is 70.9 Å². The summed E-state index contributed by atoms with van der Waals surface area (Å²) in [5, 5.41) is 0. The number of aryl methyl sites for hydroxylation is 2. The molecule has 31 heavy (non-hydrogen) atoms. The fraction of sp³-hybridized carbons (Fsp3) is 0.304. The Morgan fingerprint density at radius 2 is 1.87 bits per heavy atom. The Labute approximate surface area is 179 Å². The van der Waals surface area contributed by atoms with E-state index in [4.69, 9.17) is 5.73 Å². The first-order valence-electron chi connectivity index (χ1n) is 10.1. The van der Waals surface area contributed by atoms with Crippen molar-refractivity contribution < 1.29 is 13.6 Å². The maximum Gasteiger partial charge on any atom is 0.228 e. The average molecular weight is 423 g/mol. The van der Waals surface area contributed by atoms with Crippen molar-refractivity contribution in [2.75, 3.05) is 18.8 Å². The molecule has 1 fully saturated rings. The number of pyridine rings is 1. The summed E-state index contributed by atoms with van der Waals surface area (Å²) in [4.78, 5) is 27.6. The maximum atomic E-state index is 14.1. The van der Waals surface area contributed by atoms with Crippen LogP contribution in [-0.4, -0.2) is 38.8 Å². The predicted molar refractivity (Wildman–Crippen MR) is 113 cm³/mol. The number of likely N-dealkylation sites (tertiary alicyclic amines) is 1. The van der Waals surface area contributed by atoms with E-state index in [2.05, 4.69) is 15.0 Å². The molecule has 1 aliphatic rings. The highest BCUT2D eigenvalue weighted by Gasteiger charge is 2.31. The first-order valence-corrected chi connectivity index (χ1v) is 10.1. The zero-order valence-electron chi connectivity index (χ0n) is 17.4. The predicted octanol–water partition coefficient (Wildman–Crippen LogP) is 3.26. The Balaban J connectivity index is 1.40. The summed E-state index contributed by atoms with van der Waals surface area (Å²) in [6.45, 7) is 5.11. The van der Waals surface area contributed by atoms with E-state index < -0.39 is 11.6 Å². The van der Waals surface area contributed by atoms with Crippen molar-refractivity contribution in [1.29, 1.82) is 0 Å². The van der Waals surface area contributed by atoms with Gasteiger partial charge in [0.05, 0.1) is 23.5 Å². The molecule has 160 valence electrons. The van der Waals surface area contributed by atoms with Crippen LogP contribution < -0.4 is 5.73 Å². The number of rotatable bonds is 5. The molecule has 0 unspecified atom stereocenters. The van der Waals surface area contributed by atoms with E-state index in [0.29, 0.717) is 36.1 Å². The van der Waals surface area contributed by atoms with Crippen LogP contribution in [0.15, 0.2) is 36.4 Å². The van der Waals surface area contributed by atoms with Gasteiger partial charge in [0.15, 0.2) is 0 Å². The second-order valence-electron chi connectivity index (χ2n) is 7.95. The summed E-state index contributed by atoms with van der Waals surface area (Å²) >= 11 is 0. The third-order valence-electron chi connectivity index (χ3n) is 5.36. The number of carbonyl (C=O) groups excluding carboxylic acids is 1. The standard InChI is InChI=1S/C23H23F2N5O/c1-13-7-17(28-14(2)27-13)8-15-11-30(12-15)23(31)10-22-20(26)5-6-21(29-22)18-4-3-16(24)9-19(18)25/h3-7,9,15H,8,10-12,26H2,1-2H3. The van der Waals surface area contributed by atoms with E-state index in [1.165, 1.54) is 12.1 Å². The first kappa shape index (κ1) is 20.8. The van der Waals surface area contributed by atoms with Crippen LogP contribution in [0.25, 0.3) is 11.3 Å². The van der Waals surface area contributed by atoms with Crippen LogP contribution in [0.3, 0.4) is 0 Å². The quantitative estimate of drug-likeness (QED) is 0.681. The van der Waals surface area contributed by atoms with Crippen LogP contribution in [0.4, 0.5) is 14.5 Å². The average Bonchev–Trinajstić information content (AvgIpc) is 2.65. The molecule has 1 aromatic carbocycles. The number of hydrogen-bond donors (Lipinski definition) is 1. The van der Waals surface area contributed by atoms with Crippen molar-refractivity contribution >= 4 is 11.6 Å². The Kier molecular flexibility index (Phi) is 5.63. The summed E-state index contributed by atoms with van der Waals surface area (Å²) in [6, 6.07) is 8.42. The molecule has 0 aliphatic carbocycles. The number of aromatic nitrogens is 3. The molecule has 2 aromatic heterocycles. The number of halogens is 2. The maximum absolute atomic E-state index is 14.1. The van der Waals surface area contributed by atoms with Crippen LogP contribution in [0.5, 0.6) is 0 Å². The zero-order valence-corrected chi connectivity index (χ0v) is 17.4. The SMILES string of the molecule is Cc1cc(CC2CN(C(=O)Cc3nc(-c4ccc(F)cc4F)ccc3N)C2)nc(C)n1. The Morgan fingerprint density at radius 3 is 2.58 bits per heavy atom. The summed E-state index contributed by atoms with van der Waals surface area (Å²) < 4.78 is 27.3. The van der Waals surface area contributed by atoms with Gasteiger partial charge in [-0.05, 0) is 56.5 Å². The highest BCUT2D eigenvalue weighted by atomic mass is 19.1. The van der Waals surface area contributed by atoms with Gasteiger partial charge in [-0.25, -0.2) is 18.7 Å². The lowest BCUT2D eigenvalue weighted by Gasteiger charge is -2.39. The monoisotopic (exact) mass is 423 g/mol. The van der Waals surface area contributed by atoms with Crippen LogP contribution >= 0.6 is 0 Å². The van der Waals surface area contributed by atoms with Gasteiger partial charge in [-0.1, -0.05) is 0 Å². The van der Waals surface area contributed by atoms with E-state index in [1.54, 1.807) is 17.0 Å². The lowest BCUT2D eigenvalue weighted by molar-refractivity contribution is -0.136. The number of nitrogen functional groups attached to an aromatic ring is 1. The summed E-state index contributed by atoms with van der Waals surface area (Å²) in [6.07, 6.45) is 0.828. The molecular formula is C23H23F2N5O. The molecule has 4 rings (SSSR count). The third kappa shape index (κ3) is 4.68. The van der Waals surface area contributed by atoms with Gasteiger partial charge in [0.25, 0.3) is 0 Å². The van der Waals surface area contributed by atoms with Gasteiger partial charge in [-0.15, -0.1) is 0 Å². The summed E-state index contributed by atoms with van der Waals surface area (Å²) in [5.74, 6) is -0.354. The van der Waals surface area contributed by atoms with E-state index in [-0.39, 0.29) is 17.9 Å². The molecular weight excluding hydrogens is 400 g/mol. The molecule has 6 nitrogen and oxygen atoms in total. The minimum absolute atomic E-state index is 0.0287. The number of carbonyl (C=O) groups is 1. The van der Waals surface area contributed by atoms with Gasteiger partial charge in [-0.2, -0.15) is 0 Å². The molecule has 1 aliphatic heterocycles. The third-order valence-corrected chi connectivity index (χ3v) is 5.36. The molecule has 0 atom stereocenters. The van der Waals surface area contributed by atoms with Crippen LogP contribution in [0, 0.1) is 31.4 Å². The molecule has 3 aromatic rings. The summed E-state index contributed by atoms with van der Waals surface area (Å²) in [7, 11) is 0. The Bertz CT molecular complexity index is 1120. The molecule has 1 amide bonds. The van der Waals surface area contributed by atoms with Gasteiger partial charge >= 0.3 is 0 Å². The van der Waals surface area contributed by atoms with Crippen molar-refractivity contribution in [2.45, 2.75) is 26.7 Å². The Morgan fingerprint density at radius 1 is 1.10 bits per heavy atom. The normalized spacial score (nSPS) is 13.9.